The zero-order chi connectivity index (χ0) is 11.0. The van der Waals surface area contributed by atoms with E-state index in [1.807, 2.05) is 0 Å². The molecular weight excluding hydrogens is 196 g/mol. The van der Waals surface area contributed by atoms with Crippen LogP contribution in [0.3, 0.4) is 0 Å². The monoisotopic (exact) mass is 216 g/mol. The largest absolute Gasteiger partial charge is 0.307 e. The fourth-order valence-electron chi connectivity index (χ4n) is 2.71. The Balaban J connectivity index is 1.73. The van der Waals surface area contributed by atoms with Gasteiger partial charge in [-0.2, -0.15) is 0 Å². The molecule has 0 amide bonds. The smallest absolute Gasteiger partial charge is 0.0450 e. The molecule has 0 aromatic heterocycles. The van der Waals surface area contributed by atoms with Gasteiger partial charge in [0, 0.05) is 31.2 Å². The molecule has 3 rings (SSSR count). The Kier molecular flexibility index (Phi) is 2.70. The molecule has 1 heterocycles. The number of nitrogens with zero attached hydrogens (tertiary/aromatic N) is 1. The SMILES string of the molecule is CC1CNC(c2ccccc2)CN1C1CC1. The van der Waals surface area contributed by atoms with Crippen LogP contribution in [0, 0.1) is 0 Å². The minimum absolute atomic E-state index is 0.526. The molecule has 1 saturated carbocycles. The summed E-state index contributed by atoms with van der Waals surface area (Å²) in [5.41, 5.74) is 1.43. The maximum atomic E-state index is 3.66. The van der Waals surface area contributed by atoms with Crippen molar-refractivity contribution in [3.8, 4) is 0 Å². The molecule has 2 nitrogen and oxygen atoms in total. The van der Waals surface area contributed by atoms with Gasteiger partial charge in [0.2, 0.25) is 0 Å². The molecule has 1 N–H and O–H groups in total. The van der Waals surface area contributed by atoms with E-state index in [4.69, 9.17) is 0 Å². The number of hydrogen-bond acceptors (Lipinski definition) is 2. The highest BCUT2D eigenvalue weighted by Gasteiger charge is 2.36. The van der Waals surface area contributed by atoms with Gasteiger partial charge >= 0.3 is 0 Å². The van der Waals surface area contributed by atoms with Crippen molar-refractivity contribution in [1.29, 1.82) is 0 Å². The van der Waals surface area contributed by atoms with E-state index in [-0.39, 0.29) is 0 Å². The third kappa shape index (κ3) is 2.00. The fourth-order valence-corrected chi connectivity index (χ4v) is 2.71. The van der Waals surface area contributed by atoms with Crippen molar-refractivity contribution in [2.45, 2.75) is 37.9 Å². The average Bonchev–Trinajstić information content (AvgIpc) is 3.15. The summed E-state index contributed by atoms with van der Waals surface area (Å²) < 4.78 is 0. The Morgan fingerprint density at radius 2 is 1.94 bits per heavy atom. The summed E-state index contributed by atoms with van der Waals surface area (Å²) in [5, 5.41) is 3.66. The number of benzene rings is 1. The molecule has 0 radical (unpaired) electrons. The maximum Gasteiger partial charge on any atom is 0.0450 e. The van der Waals surface area contributed by atoms with Gasteiger partial charge in [0.05, 0.1) is 0 Å². The van der Waals surface area contributed by atoms with Gasteiger partial charge in [0.1, 0.15) is 0 Å². The Hall–Kier alpha value is -0.860. The van der Waals surface area contributed by atoms with Crippen LogP contribution in [0.25, 0.3) is 0 Å². The lowest BCUT2D eigenvalue weighted by Crippen LogP contribution is -2.52. The average molecular weight is 216 g/mol. The van der Waals surface area contributed by atoms with Crippen molar-refractivity contribution in [1.82, 2.24) is 10.2 Å². The molecule has 0 bridgehead atoms. The van der Waals surface area contributed by atoms with E-state index in [2.05, 4.69) is 47.5 Å². The van der Waals surface area contributed by atoms with Gasteiger partial charge in [-0.15, -0.1) is 0 Å². The van der Waals surface area contributed by atoms with Gasteiger partial charge in [-0.05, 0) is 25.3 Å². The molecule has 2 aliphatic rings. The van der Waals surface area contributed by atoms with Crippen molar-refractivity contribution in [2.75, 3.05) is 13.1 Å². The number of hydrogen-bond donors (Lipinski definition) is 1. The van der Waals surface area contributed by atoms with E-state index in [0.29, 0.717) is 12.1 Å². The second-order valence-electron chi connectivity index (χ2n) is 5.15. The van der Waals surface area contributed by atoms with Crippen LogP contribution in [-0.2, 0) is 0 Å². The van der Waals surface area contributed by atoms with E-state index in [9.17, 15) is 0 Å². The highest BCUT2D eigenvalue weighted by Crippen LogP contribution is 2.32. The Bertz CT molecular complexity index is 345. The van der Waals surface area contributed by atoms with Crippen LogP contribution in [-0.4, -0.2) is 30.1 Å². The predicted molar refractivity (Wildman–Crippen MR) is 66.4 cm³/mol. The molecule has 2 unspecified atom stereocenters. The Morgan fingerprint density at radius 3 is 2.62 bits per heavy atom. The zero-order valence-corrected chi connectivity index (χ0v) is 9.89. The first-order chi connectivity index (χ1) is 7.84. The van der Waals surface area contributed by atoms with Gasteiger partial charge in [-0.1, -0.05) is 30.3 Å². The van der Waals surface area contributed by atoms with Crippen molar-refractivity contribution < 1.29 is 0 Å². The molecule has 1 aromatic carbocycles. The van der Waals surface area contributed by atoms with Crippen molar-refractivity contribution in [3.05, 3.63) is 35.9 Å². The van der Waals surface area contributed by atoms with Crippen molar-refractivity contribution in [3.63, 3.8) is 0 Å². The number of nitrogens with one attached hydrogen (secondary N) is 1. The summed E-state index contributed by atoms with van der Waals surface area (Å²) in [6.45, 7) is 4.64. The number of piperazine rings is 1. The molecule has 16 heavy (non-hydrogen) atoms. The minimum atomic E-state index is 0.526. The molecule has 1 aliphatic carbocycles. The Morgan fingerprint density at radius 1 is 1.19 bits per heavy atom. The quantitative estimate of drug-likeness (QED) is 0.815. The number of rotatable bonds is 2. The van der Waals surface area contributed by atoms with Crippen LogP contribution in [0.15, 0.2) is 30.3 Å². The maximum absolute atomic E-state index is 3.66. The molecular formula is C14H20N2. The first-order valence-corrected chi connectivity index (χ1v) is 6.38. The lowest BCUT2D eigenvalue weighted by molar-refractivity contribution is 0.132. The highest BCUT2D eigenvalue weighted by molar-refractivity contribution is 5.20. The first kappa shape index (κ1) is 10.3. The highest BCUT2D eigenvalue weighted by atomic mass is 15.3. The topological polar surface area (TPSA) is 15.3 Å². The van der Waals surface area contributed by atoms with Crippen LogP contribution in [0.5, 0.6) is 0 Å². The summed E-state index contributed by atoms with van der Waals surface area (Å²) in [7, 11) is 0. The molecule has 1 saturated heterocycles. The first-order valence-electron chi connectivity index (χ1n) is 6.38. The fraction of sp³-hybridized carbons (Fsp3) is 0.571. The molecule has 2 atom stereocenters. The minimum Gasteiger partial charge on any atom is -0.307 e. The summed E-state index contributed by atoms with van der Waals surface area (Å²) in [6, 6.07) is 12.9. The molecule has 2 heteroatoms. The van der Waals surface area contributed by atoms with E-state index >= 15 is 0 Å². The standard InChI is InChI=1S/C14H20N2/c1-11-9-15-14(10-16(11)13-7-8-13)12-5-3-2-4-6-12/h2-6,11,13-15H,7-10H2,1H3. The molecule has 2 fully saturated rings. The molecule has 0 spiro atoms. The Labute approximate surface area is 97.6 Å². The zero-order valence-electron chi connectivity index (χ0n) is 9.89. The van der Waals surface area contributed by atoms with Crippen LogP contribution >= 0.6 is 0 Å². The lowest BCUT2D eigenvalue weighted by Gasteiger charge is -2.39. The summed E-state index contributed by atoms with van der Waals surface area (Å²) >= 11 is 0. The summed E-state index contributed by atoms with van der Waals surface area (Å²) in [4.78, 5) is 2.69. The summed E-state index contributed by atoms with van der Waals surface area (Å²) in [6.07, 6.45) is 2.82. The third-order valence-corrected chi connectivity index (χ3v) is 3.84. The molecule has 86 valence electrons. The summed E-state index contributed by atoms with van der Waals surface area (Å²) in [5.74, 6) is 0. The van der Waals surface area contributed by atoms with E-state index in [1.165, 1.54) is 24.9 Å². The van der Waals surface area contributed by atoms with Gasteiger partial charge in [0.25, 0.3) is 0 Å². The van der Waals surface area contributed by atoms with Crippen LogP contribution in [0.4, 0.5) is 0 Å². The van der Waals surface area contributed by atoms with Gasteiger partial charge in [0.15, 0.2) is 0 Å². The van der Waals surface area contributed by atoms with Gasteiger partial charge in [-0.3, -0.25) is 4.90 Å². The van der Waals surface area contributed by atoms with E-state index < -0.39 is 0 Å². The van der Waals surface area contributed by atoms with Crippen LogP contribution in [0.1, 0.15) is 31.4 Å². The molecule has 1 aliphatic heterocycles. The second kappa shape index (κ2) is 4.19. The predicted octanol–water partition coefficient (Wildman–Crippen LogP) is 2.18. The van der Waals surface area contributed by atoms with Crippen LogP contribution < -0.4 is 5.32 Å². The third-order valence-electron chi connectivity index (χ3n) is 3.84. The van der Waals surface area contributed by atoms with E-state index in [0.717, 1.165) is 12.6 Å². The molecule has 1 aromatic rings. The van der Waals surface area contributed by atoms with E-state index in [1.54, 1.807) is 0 Å². The van der Waals surface area contributed by atoms with Crippen molar-refractivity contribution in [2.24, 2.45) is 0 Å². The van der Waals surface area contributed by atoms with Crippen molar-refractivity contribution >= 4 is 0 Å². The lowest BCUT2D eigenvalue weighted by atomic mass is 10.0. The van der Waals surface area contributed by atoms with Gasteiger partial charge < -0.3 is 5.32 Å². The van der Waals surface area contributed by atoms with Gasteiger partial charge in [-0.25, -0.2) is 0 Å². The second-order valence-corrected chi connectivity index (χ2v) is 5.15. The van der Waals surface area contributed by atoms with Crippen LogP contribution in [0.2, 0.25) is 0 Å². The normalized spacial score (nSPS) is 31.6.